The van der Waals surface area contributed by atoms with Crippen LogP contribution < -0.4 is 0 Å². The Bertz CT molecular complexity index is 728. The van der Waals surface area contributed by atoms with Gasteiger partial charge in [0.25, 0.3) is 17.8 Å². The number of fused-ring (bicyclic) bond motifs is 1. The number of amidine groups is 2. The molecule has 8 nitrogen and oxygen atoms in total. The average Bonchev–Trinajstić information content (AvgIpc) is 2.96. The van der Waals surface area contributed by atoms with Gasteiger partial charge in [-0.3, -0.25) is 24.3 Å². The summed E-state index contributed by atoms with van der Waals surface area (Å²) in [5.41, 5.74) is -0.510. The maximum Gasteiger partial charge on any atom is 0.333 e. The molecule has 0 aromatic rings. The number of rotatable bonds is 4. The number of imide groups is 1. The molecule has 148 valence electrons. The first-order valence-electron chi connectivity index (χ1n) is 9.63. The summed E-state index contributed by atoms with van der Waals surface area (Å²) in [5, 5.41) is 0. The van der Waals surface area contributed by atoms with Gasteiger partial charge in [-0.05, 0) is 30.9 Å². The lowest BCUT2D eigenvalue weighted by Crippen LogP contribution is -2.62. The Morgan fingerprint density at radius 2 is 1.74 bits per heavy atom. The van der Waals surface area contributed by atoms with Crippen LogP contribution in [0.1, 0.15) is 40.0 Å². The van der Waals surface area contributed by atoms with Crippen LogP contribution in [0.4, 0.5) is 4.79 Å². The predicted octanol–water partition coefficient (Wildman–Crippen LogP) is 0.803. The smallest absolute Gasteiger partial charge is 0.295 e. The average molecular weight is 376 g/mol. The van der Waals surface area contributed by atoms with Crippen LogP contribution in [0.25, 0.3) is 0 Å². The number of carbonyl (C=O) groups is 3. The zero-order valence-electron chi connectivity index (χ0n) is 17.0. The monoisotopic (exact) mass is 376 g/mol. The van der Waals surface area contributed by atoms with E-state index in [1.807, 2.05) is 20.8 Å². The molecule has 0 bridgehead atoms. The van der Waals surface area contributed by atoms with Crippen molar-refractivity contribution in [2.75, 3.05) is 40.3 Å². The lowest BCUT2D eigenvalue weighted by Gasteiger charge is -2.31. The van der Waals surface area contributed by atoms with Gasteiger partial charge >= 0.3 is 11.9 Å². The molecule has 2 saturated heterocycles. The summed E-state index contributed by atoms with van der Waals surface area (Å²) in [4.78, 5) is 47.4. The van der Waals surface area contributed by atoms with Crippen LogP contribution in [-0.2, 0) is 9.59 Å². The largest absolute Gasteiger partial charge is 0.333 e. The standard InChI is InChI=1S/C19H30N5O3/c1-19(2,3)13(25)11-24-14(12-23-9-7-6-8-10-23)20-16-15(24)17(26)22(5)18(27)21(16)4/h15H,6-12H2,1-5H3/q+1. The molecule has 0 radical (unpaired) electrons. The number of hydrogen-bond acceptors (Lipinski definition) is 5. The lowest BCUT2D eigenvalue weighted by atomic mass is 9.90. The summed E-state index contributed by atoms with van der Waals surface area (Å²) in [6.07, 6.45) is 3.53. The van der Waals surface area contributed by atoms with Gasteiger partial charge in [-0.2, -0.15) is 0 Å². The molecule has 3 heterocycles. The van der Waals surface area contributed by atoms with E-state index >= 15 is 0 Å². The van der Waals surface area contributed by atoms with Crippen molar-refractivity contribution in [1.29, 1.82) is 0 Å². The summed E-state index contributed by atoms with van der Waals surface area (Å²) >= 11 is 0. The van der Waals surface area contributed by atoms with Crippen LogP contribution in [0.3, 0.4) is 0 Å². The highest BCUT2D eigenvalue weighted by Gasteiger charge is 2.53. The van der Waals surface area contributed by atoms with E-state index in [2.05, 4.69) is 9.89 Å². The zero-order valence-corrected chi connectivity index (χ0v) is 17.0. The van der Waals surface area contributed by atoms with Gasteiger partial charge < -0.3 is 0 Å². The van der Waals surface area contributed by atoms with Crippen molar-refractivity contribution in [1.82, 2.24) is 14.7 Å². The highest BCUT2D eigenvalue weighted by atomic mass is 16.2. The lowest BCUT2D eigenvalue weighted by molar-refractivity contribution is -0.525. The highest BCUT2D eigenvalue weighted by molar-refractivity contribution is 6.23. The first kappa shape index (κ1) is 19.7. The Hall–Kier alpha value is -2.09. The summed E-state index contributed by atoms with van der Waals surface area (Å²) in [7, 11) is 3.11. The number of likely N-dealkylation sites (tertiary alicyclic amines) is 1. The van der Waals surface area contributed by atoms with Crippen LogP contribution in [-0.4, -0.2) is 95.0 Å². The number of amides is 3. The van der Waals surface area contributed by atoms with Crippen LogP contribution >= 0.6 is 0 Å². The number of Topliss-reactive ketones (excluding diaryl/α,β-unsaturated/α-hetero) is 1. The van der Waals surface area contributed by atoms with Crippen molar-refractivity contribution < 1.29 is 19.0 Å². The highest BCUT2D eigenvalue weighted by Crippen LogP contribution is 2.22. The van der Waals surface area contributed by atoms with Crippen LogP contribution in [0.15, 0.2) is 4.99 Å². The molecule has 0 aliphatic carbocycles. The van der Waals surface area contributed by atoms with Crippen molar-refractivity contribution >= 4 is 29.4 Å². The molecule has 2 fully saturated rings. The SMILES string of the molecule is CN1C(=O)C2C(=NC(CN3CCCCC3)=[N+]2CC(=O)C(C)(C)C)N(C)C1=O. The fourth-order valence-electron chi connectivity index (χ4n) is 3.67. The third kappa shape index (κ3) is 3.67. The Morgan fingerprint density at radius 1 is 1.11 bits per heavy atom. The van der Waals surface area contributed by atoms with Gasteiger partial charge in [0.15, 0.2) is 5.78 Å². The van der Waals surface area contributed by atoms with Gasteiger partial charge in [0.2, 0.25) is 0 Å². The van der Waals surface area contributed by atoms with Gasteiger partial charge in [-0.15, -0.1) is 0 Å². The minimum absolute atomic E-state index is 0.0464. The molecule has 3 aliphatic rings. The second kappa shape index (κ2) is 7.14. The molecule has 0 saturated carbocycles. The third-order valence-electron chi connectivity index (χ3n) is 5.58. The van der Waals surface area contributed by atoms with E-state index in [1.165, 1.54) is 18.4 Å². The Morgan fingerprint density at radius 3 is 2.33 bits per heavy atom. The van der Waals surface area contributed by atoms with Gasteiger partial charge in [0.1, 0.15) is 13.1 Å². The van der Waals surface area contributed by atoms with Crippen molar-refractivity contribution in [3.63, 3.8) is 0 Å². The van der Waals surface area contributed by atoms with Crippen molar-refractivity contribution in [3.05, 3.63) is 0 Å². The van der Waals surface area contributed by atoms with Crippen molar-refractivity contribution in [2.45, 2.75) is 46.1 Å². The normalized spacial score (nSPS) is 24.5. The summed E-state index contributed by atoms with van der Waals surface area (Å²) in [6.45, 7) is 8.32. The first-order chi connectivity index (χ1) is 12.6. The number of piperidine rings is 1. The minimum Gasteiger partial charge on any atom is -0.295 e. The van der Waals surface area contributed by atoms with E-state index in [4.69, 9.17) is 0 Å². The maximum absolute atomic E-state index is 12.9. The molecule has 3 amide bonds. The molecule has 1 atom stereocenters. The summed E-state index contributed by atoms with van der Waals surface area (Å²) in [5.74, 6) is 0.854. The number of likely N-dealkylation sites (N-methyl/N-ethyl adjacent to an activating group) is 2. The maximum atomic E-state index is 12.9. The second-order valence-electron chi connectivity index (χ2n) is 8.67. The van der Waals surface area contributed by atoms with Crippen LogP contribution in [0, 0.1) is 5.41 Å². The Balaban J connectivity index is 1.96. The third-order valence-corrected chi connectivity index (χ3v) is 5.58. The number of urea groups is 1. The number of carbonyl (C=O) groups excluding carboxylic acids is 3. The number of hydrogen-bond donors (Lipinski definition) is 0. The molecular weight excluding hydrogens is 346 g/mol. The number of ketones is 1. The Kier molecular flexibility index (Phi) is 5.20. The molecular formula is C19H30N5O3+. The summed E-state index contributed by atoms with van der Waals surface area (Å²) in [6, 6.07) is -1.10. The molecule has 3 rings (SSSR count). The summed E-state index contributed by atoms with van der Waals surface area (Å²) < 4.78 is 1.80. The van der Waals surface area contributed by atoms with Crippen molar-refractivity contribution in [3.8, 4) is 0 Å². The molecule has 27 heavy (non-hydrogen) atoms. The molecule has 0 N–H and O–H groups in total. The quantitative estimate of drug-likeness (QED) is 0.680. The van der Waals surface area contributed by atoms with E-state index in [-0.39, 0.29) is 18.2 Å². The number of nitrogens with zero attached hydrogens (tertiary/aromatic N) is 5. The first-order valence-corrected chi connectivity index (χ1v) is 9.63. The van der Waals surface area contributed by atoms with Gasteiger partial charge in [0, 0.05) is 19.5 Å². The second-order valence-corrected chi connectivity index (χ2v) is 8.67. The van der Waals surface area contributed by atoms with Crippen LogP contribution in [0.2, 0.25) is 0 Å². The van der Waals surface area contributed by atoms with Gasteiger partial charge in [0.05, 0.1) is 0 Å². The number of aliphatic imine (C=N–C) groups is 1. The predicted molar refractivity (Wildman–Crippen MR) is 102 cm³/mol. The zero-order chi connectivity index (χ0) is 19.9. The fourth-order valence-corrected chi connectivity index (χ4v) is 3.67. The van der Waals surface area contributed by atoms with E-state index in [0.29, 0.717) is 18.2 Å². The molecule has 0 aromatic heterocycles. The molecule has 0 aromatic carbocycles. The van der Waals surface area contributed by atoms with Gasteiger partial charge in [-0.1, -0.05) is 27.2 Å². The molecule has 8 heteroatoms. The van der Waals surface area contributed by atoms with Crippen molar-refractivity contribution in [2.24, 2.45) is 10.4 Å². The molecule has 1 unspecified atom stereocenters. The minimum atomic E-state index is -0.705. The van der Waals surface area contributed by atoms with Crippen LogP contribution in [0.5, 0.6) is 0 Å². The molecule has 3 aliphatic heterocycles. The van der Waals surface area contributed by atoms with E-state index < -0.39 is 17.5 Å². The molecule has 0 spiro atoms. The van der Waals surface area contributed by atoms with E-state index in [1.54, 1.807) is 11.6 Å². The van der Waals surface area contributed by atoms with E-state index in [9.17, 15) is 14.4 Å². The van der Waals surface area contributed by atoms with E-state index in [0.717, 1.165) is 30.8 Å². The Labute approximate surface area is 160 Å². The topological polar surface area (TPSA) is 76.3 Å². The van der Waals surface area contributed by atoms with Gasteiger partial charge in [-0.25, -0.2) is 9.37 Å². The fraction of sp³-hybridized carbons (Fsp3) is 0.737.